The Bertz CT molecular complexity index is 348. The molecule has 2 aliphatic rings. The van der Waals surface area contributed by atoms with Crippen molar-refractivity contribution in [2.75, 3.05) is 0 Å². The van der Waals surface area contributed by atoms with Crippen LogP contribution in [0, 0.1) is 17.8 Å². The van der Waals surface area contributed by atoms with Crippen LogP contribution in [-0.4, -0.2) is 22.1 Å². The Morgan fingerprint density at radius 2 is 2.11 bits per heavy atom. The van der Waals surface area contributed by atoms with Gasteiger partial charge in [-0.25, -0.2) is 0 Å². The molecule has 2 saturated carbocycles. The molecule has 0 amide bonds. The highest BCUT2D eigenvalue weighted by Gasteiger charge is 2.49. The third-order valence-corrected chi connectivity index (χ3v) is 4.73. The number of carbonyl (C=O) groups excluding carboxylic acids is 1. The molecule has 2 rings (SSSR count). The zero-order valence-electron chi connectivity index (χ0n) is 11.8. The molecule has 4 atom stereocenters. The molecule has 0 bridgehead atoms. The van der Waals surface area contributed by atoms with E-state index in [0.29, 0.717) is 36.7 Å². The van der Waals surface area contributed by atoms with Crippen LogP contribution in [0.5, 0.6) is 0 Å². The molecule has 0 unspecified atom stereocenters. The third-order valence-electron chi connectivity index (χ3n) is 4.73. The van der Waals surface area contributed by atoms with Gasteiger partial charge in [-0.1, -0.05) is 26.2 Å². The molecular formula is C16H26O3. The second-order valence-electron chi connectivity index (χ2n) is 6.18. The first kappa shape index (κ1) is 14.6. The minimum atomic E-state index is -0.463. The van der Waals surface area contributed by atoms with Crippen LogP contribution in [0.25, 0.3) is 0 Å². The van der Waals surface area contributed by atoms with E-state index in [1.165, 1.54) is 19.3 Å². The number of aliphatic hydroxyl groups is 2. The van der Waals surface area contributed by atoms with Crippen LogP contribution in [0.3, 0.4) is 0 Å². The van der Waals surface area contributed by atoms with E-state index in [9.17, 15) is 15.0 Å². The summed E-state index contributed by atoms with van der Waals surface area (Å²) in [6.45, 7) is 2.18. The Labute approximate surface area is 115 Å². The number of fused-ring (bicyclic) bond motifs is 1. The highest BCUT2D eigenvalue weighted by atomic mass is 16.3. The van der Waals surface area contributed by atoms with Crippen molar-refractivity contribution in [3.63, 3.8) is 0 Å². The van der Waals surface area contributed by atoms with Gasteiger partial charge in [0.25, 0.3) is 0 Å². The molecular weight excluding hydrogens is 240 g/mol. The number of hydrogen-bond acceptors (Lipinski definition) is 3. The standard InChI is InChI=1S/C16H26O3/c1-2-3-4-5-6-7-14(18)16-13-10-12(17)8-11(13)9-15(16)19/h7,11,13,15-16,18-19H,2-6,8-10H2,1H3/t11-,13+,15+,16-/m0/s1. The largest absolute Gasteiger partial charge is 0.512 e. The van der Waals surface area contributed by atoms with Crippen LogP contribution in [-0.2, 0) is 4.79 Å². The molecule has 108 valence electrons. The highest BCUT2D eigenvalue weighted by Crippen LogP contribution is 2.48. The molecule has 19 heavy (non-hydrogen) atoms. The fraction of sp³-hybridized carbons (Fsp3) is 0.812. The maximum absolute atomic E-state index is 11.5. The smallest absolute Gasteiger partial charge is 0.133 e. The van der Waals surface area contributed by atoms with E-state index in [2.05, 4.69) is 6.92 Å². The maximum Gasteiger partial charge on any atom is 0.133 e. The fourth-order valence-corrected chi connectivity index (χ4v) is 3.75. The Hall–Kier alpha value is -0.830. The van der Waals surface area contributed by atoms with Gasteiger partial charge in [0.15, 0.2) is 0 Å². The predicted octanol–water partition coefficient (Wildman–Crippen LogP) is 3.37. The van der Waals surface area contributed by atoms with Crippen LogP contribution < -0.4 is 0 Å². The Kier molecular flexibility index (Phi) is 5.03. The molecule has 0 spiro atoms. The second-order valence-corrected chi connectivity index (χ2v) is 6.18. The SMILES string of the molecule is CCCCCCC=C(O)[C@@H]1[C@@H]2CC(=O)C[C@H]2C[C@H]1O. The first-order chi connectivity index (χ1) is 9.13. The molecule has 3 heteroatoms. The quantitative estimate of drug-likeness (QED) is 0.572. The van der Waals surface area contributed by atoms with E-state index in [0.717, 1.165) is 12.8 Å². The summed E-state index contributed by atoms with van der Waals surface area (Å²) in [5.74, 6) is 0.897. The van der Waals surface area contributed by atoms with Gasteiger partial charge in [0.05, 0.1) is 11.9 Å². The first-order valence-electron chi connectivity index (χ1n) is 7.72. The van der Waals surface area contributed by atoms with E-state index >= 15 is 0 Å². The Morgan fingerprint density at radius 1 is 1.32 bits per heavy atom. The predicted molar refractivity (Wildman–Crippen MR) is 74.8 cm³/mol. The van der Waals surface area contributed by atoms with Crippen molar-refractivity contribution in [2.24, 2.45) is 17.8 Å². The summed E-state index contributed by atoms with van der Waals surface area (Å²) in [4.78, 5) is 11.5. The molecule has 0 saturated heterocycles. The van der Waals surface area contributed by atoms with E-state index in [-0.39, 0.29) is 11.8 Å². The third kappa shape index (κ3) is 3.38. The van der Waals surface area contributed by atoms with Gasteiger partial charge in [0.2, 0.25) is 0 Å². The average molecular weight is 266 g/mol. The number of ketones is 1. The van der Waals surface area contributed by atoms with Crippen LogP contribution in [0.1, 0.15) is 58.3 Å². The topological polar surface area (TPSA) is 57.5 Å². The van der Waals surface area contributed by atoms with Gasteiger partial charge in [0.1, 0.15) is 5.78 Å². The number of unbranched alkanes of at least 4 members (excludes halogenated alkanes) is 4. The second kappa shape index (κ2) is 6.56. The van der Waals surface area contributed by atoms with Crippen molar-refractivity contribution < 1.29 is 15.0 Å². The Balaban J connectivity index is 1.88. The number of allylic oxidation sites excluding steroid dienone is 1. The average Bonchev–Trinajstić information content (AvgIpc) is 2.83. The molecule has 0 aromatic carbocycles. The summed E-state index contributed by atoms with van der Waals surface area (Å²) >= 11 is 0. The number of aliphatic hydroxyl groups excluding tert-OH is 2. The maximum atomic E-state index is 11.5. The monoisotopic (exact) mass is 266 g/mol. The lowest BCUT2D eigenvalue weighted by atomic mass is 9.89. The van der Waals surface area contributed by atoms with Gasteiger partial charge in [-0.05, 0) is 37.2 Å². The lowest BCUT2D eigenvalue weighted by Crippen LogP contribution is -2.22. The van der Waals surface area contributed by atoms with Gasteiger partial charge in [-0.2, -0.15) is 0 Å². The molecule has 2 aliphatic carbocycles. The minimum absolute atomic E-state index is 0.175. The lowest BCUT2D eigenvalue weighted by molar-refractivity contribution is -0.118. The van der Waals surface area contributed by atoms with E-state index in [4.69, 9.17) is 0 Å². The number of carbonyl (C=O) groups is 1. The van der Waals surface area contributed by atoms with Crippen LogP contribution >= 0.6 is 0 Å². The minimum Gasteiger partial charge on any atom is -0.512 e. The molecule has 0 radical (unpaired) electrons. The molecule has 0 heterocycles. The van der Waals surface area contributed by atoms with E-state index in [1.54, 1.807) is 0 Å². The molecule has 0 aliphatic heterocycles. The summed E-state index contributed by atoms with van der Waals surface area (Å²) in [6.07, 6.45) is 8.83. The van der Waals surface area contributed by atoms with Gasteiger partial charge in [-0.3, -0.25) is 4.79 Å². The molecule has 0 aromatic heterocycles. The molecule has 3 nitrogen and oxygen atoms in total. The van der Waals surface area contributed by atoms with Gasteiger partial charge < -0.3 is 10.2 Å². The summed E-state index contributed by atoms with van der Waals surface area (Å²) in [5.41, 5.74) is 0. The van der Waals surface area contributed by atoms with Crippen LogP contribution in [0.4, 0.5) is 0 Å². The van der Waals surface area contributed by atoms with Crippen molar-refractivity contribution in [3.8, 4) is 0 Å². The zero-order chi connectivity index (χ0) is 13.8. The van der Waals surface area contributed by atoms with Gasteiger partial charge >= 0.3 is 0 Å². The highest BCUT2D eigenvalue weighted by molar-refractivity contribution is 5.81. The summed E-state index contributed by atoms with van der Waals surface area (Å²) in [6, 6.07) is 0. The normalized spacial score (nSPS) is 34.8. The fourth-order valence-electron chi connectivity index (χ4n) is 3.75. The van der Waals surface area contributed by atoms with Gasteiger partial charge in [0, 0.05) is 18.8 Å². The van der Waals surface area contributed by atoms with Crippen molar-refractivity contribution in [1.82, 2.24) is 0 Å². The van der Waals surface area contributed by atoms with Crippen molar-refractivity contribution >= 4 is 5.78 Å². The van der Waals surface area contributed by atoms with Crippen molar-refractivity contribution in [3.05, 3.63) is 11.8 Å². The number of Topliss-reactive ketones (excluding diaryl/α,β-unsaturated/α-hetero) is 1. The lowest BCUT2D eigenvalue weighted by Gasteiger charge is -2.19. The summed E-state index contributed by atoms with van der Waals surface area (Å²) in [7, 11) is 0. The Morgan fingerprint density at radius 3 is 2.84 bits per heavy atom. The molecule has 2 N–H and O–H groups in total. The van der Waals surface area contributed by atoms with Crippen molar-refractivity contribution in [2.45, 2.75) is 64.4 Å². The summed E-state index contributed by atoms with van der Waals surface area (Å²) < 4.78 is 0. The summed E-state index contributed by atoms with van der Waals surface area (Å²) in [5, 5.41) is 20.3. The zero-order valence-corrected chi connectivity index (χ0v) is 11.8. The van der Waals surface area contributed by atoms with Gasteiger partial charge in [-0.15, -0.1) is 0 Å². The number of hydrogen-bond donors (Lipinski definition) is 2. The molecule has 2 fully saturated rings. The molecule has 0 aromatic rings. The van der Waals surface area contributed by atoms with Crippen LogP contribution in [0.2, 0.25) is 0 Å². The first-order valence-corrected chi connectivity index (χ1v) is 7.72. The van der Waals surface area contributed by atoms with Crippen LogP contribution in [0.15, 0.2) is 11.8 Å². The van der Waals surface area contributed by atoms with E-state index in [1.807, 2.05) is 6.08 Å². The van der Waals surface area contributed by atoms with E-state index < -0.39 is 6.10 Å². The number of rotatable bonds is 6. The van der Waals surface area contributed by atoms with Crippen molar-refractivity contribution in [1.29, 1.82) is 0 Å².